The summed E-state index contributed by atoms with van der Waals surface area (Å²) in [6.45, 7) is 6.08. The third-order valence-corrected chi connectivity index (χ3v) is 8.47. The Bertz CT molecular complexity index is 1570. The minimum absolute atomic E-state index is 0.0552. The van der Waals surface area contributed by atoms with Gasteiger partial charge in [0.2, 0.25) is 5.95 Å². The molecule has 1 unspecified atom stereocenters. The van der Waals surface area contributed by atoms with Crippen molar-refractivity contribution in [2.24, 2.45) is 7.05 Å². The molecule has 2 aromatic carbocycles. The van der Waals surface area contributed by atoms with Gasteiger partial charge in [0.1, 0.15) is 0 Å². The van der Waals surface area contributed by atoms with Gasteiger partial charge in [-0.15, -0.1) is 0 Å². The highest BCUT2D eigenvalue weighted by Crippen LogP contribution is 2.36. The van der Waals surface area contributed by atoms with Crippen LogP contribution in [0.15, 0.2) is 36.5 Å². The summed E-state index contributed by atoms with van der Waals surface area (Å²) in [4.78, 5) is 17.6. The summed E-state index contributed by atoms with van der Waals surface area (Å²) in [5, 5.41) is 23.4. The minimum atomic E-state index is -0.869. The lowest BCUT2D eigenvalue weighted by atomic mass is 9.79. The zero-order valence-corrected chi connectivity index (χ0v) is 23.8. The van der Waals surface area contributed by atoms with Crippen LogP contribution in [0.4, 0.5) is 16.4 Å². The van der Waals surface area contributed by atoms with Crippen LogP contribution in [0.2, 0.25) is 5.02 Å². The van der Waals surface area contributed by atoms with Crippen molar-refractivity contribution in [2.45, 2.75) is 64.1 Å². The molecule has 2 N–H and O–H groups in total. The fourth-order valence-corrected chi connectivity index (χ4v) is 5.96. The molecule has 6 rings (SSSR count). The summed E-state index contributed by atoms with van der Waals surface area (Å²) in [6, 6.07) is 10.3. The van der Waals surface area contributed by atoms with E-state index in [-0.39, 0.29) is 11.6 Å². The topological polar surface area (TPSA) is 110 Å². The molecule has 0 bridgehead atoms. The van der Waals surface area contributed by atoms with Gasteiger partial charge in [0.15, 0.2) is 12.1 Å². The van der Waals surface area contributed by atoms with E-state index in [1.165, 1.54) is 16.0 Å². The first-order valence-corrected chi connectivity index (χ1v) is 14.1. The maximum absolute atomic E-state index is 11.4. The number of rotatable bonds is 6. The second kappa shape index (κ2) is 10.4. The largest absolute Gasteiger partial charge is 0.465 e. The van der Waals surface area contributed by atoms with Crippen LogP contribution in [-0.4, -0.2) is 53.8 Å². The highest BCUT2D eigenvalue weighted by molar-refractivity contribution is 6.38. The van der Waals surface area contributed by atoms with E-state index in [1.54, 1.807) is 10.9 Å². The molecule has 0 saturated carbocycles. The van der Waals surface area contributed by atoms with Crippen LogP contribution < -0.4 is 5.32 Å². The van der Waals surface area contributed by atoms with Crippen molar-refractivity contribution in [3.63, 3.8) is 0 Å². The van der Waals surface area contributed by atoms with Gasteiger partial charge in [-0.05, 0) is 59.9 Å². The molecular weight excluding hydrogens is 530 g/mol. The Morgan fingerprint density at radius 1 is 1.23 bits per heavy atom. The van der Waals surface area contributed by atoms with Gasteiger partial charge in [0.05, 0.1) is 22.4 Å². The quantitative estimate of drug-likeness (QED) is 0.304. The molecule has 1 amide bonds. The summed E-state index contributed by atoms with van der Waals surface area (Å²) < 4.78 is 9.58. The fourth-order valence-electron chi connectivity index (χ4n) is 5.71. The summed E-state index contributed by atoms with van der Waals surface area (Å²) in [6.07, 6.45) is 5.39. The van der Waals surface area contributed by atoms with Gasteiger partial charge in [-0.2, -0.15) is 15.2 Å². The average molecular weight is 564 g/mol. The van der Waals surface area contributed by atoms with Crippen LogP contribution in [0, 0.1) is 0 Å². The number of halogens is 1. The molecular formula is C29H34ClN7O3. The normalized spacial score (nSPS) is 17.7. The predicted molar refractivity (Wildman–Crippen MR) is 153 cm³/mol. The molecule has 0 aliphatic carbocycles. The monoisotopic (exact) mass is 563 g/mol. The van der Waals surface area contributed by atoms with Crippen molar-refractivity contribution < 1.29 is 14.6 Å². The molecule has 4 aromatic rings. The van der Waals surface area contributed by atoms with E-state index in [4.69, 9.17) is 21.3 Å². The molecule has 1 saturated heterocycles. The van der Waals surface area contributed by atoms with Gasteiger partial charge in [-0.1, -0.05) is 43.6 Å². The number of benzene rings is 2. The lowest BCUT2D eigenvalue weighted by Gasteiger charge is -2.29. The number of amides is 1. The number of aromatic nitrogens is 5. The number of hydrogen-bond acceptors (Lipinski definition) is 6. The number of carbonyl (C=O) groups is 1. The molecule has 4 heterocycles. The van der Waals surface area contributed by atoms with Crippen molar-refractivity contribution >= 4 is 40.2 Å². The predicted octanol–water partition coefficient (Wildman–Crippen LogP) is 5.82. The van der Waals surface area contributed by atoms with Crippen molar-refractivity contribution in [3.05, 3.63) is 64.1 Å². The summed E-state index contributed by atoms with van der Waals surface area (Å²) in [5.74, 6) is 1.33. The highest BCUT2D eigenvalue weighted by Gasteiger charge is 2.27. The Labute approximate surface area is 237 Å². The highest BCUT2D eigenvalue weighted by atomic mass is 35.5. The average Bonchev–Trinajstić information content (AvgIpc) is 3.53. The Hall–Kier alpha value is -3.63. The van der Waals surface area contributed by atoms with Crippen LogP contribution in [-0.2, 0) is 36.6 Å². The van der Waals surface area contributed by atoms with E-state index in [2.05, 4.69) is 47.6 Å². The third-order valence-electron chi connectivity index (χ3n) is 8.07. The smallest absolute Gasteiger partial charge is 0.407 e. The molecule has 2 aliphatic rings. The van der Waals surface area contributed by atoms with Gasteiger partial charge in [0, 0.05) is 38.6 Å². The fraction of sp³-hybridized carbons (Fsp3) is 0.448. The third kappa shape index (κ3) is 5.01. The second-order valence-corrected chi connectivity index (χ2v) is 11.7. The molecule has 10 nitrogen and oxygen atoms in total. The molecule has 0 radical (unpaired) electrons. The van der Waals surface area contributed by atoms with Crippen LogP contribution in [0.25, 0.3) is 10.9 Å². The summed E-state index contributed by atoms with van der Waals surface area (Å²) in [5.41, 5.74) is 4.94. The lowest BCUT2D eigenvalue weighted by molar-refractivity contribution is -0.0366. The van der Waals surface area contributed by atoms with Crippen molar-refractivity contribution in [1.82, 2.24) is 29.4 Å². The van der Waals surface area contributed by atoms with Crippen LogP contribution in [0.1, 0.15) is 61.9 Å². The van der Waals surface area contributed by atoms with Gasteiger partial charge >= 0.3 is 6.09 Å². The van der Waals surface area contributed by atoms with E-state index in [0.29, 0.717) is 30.5 Å². The number of aryl methyl sites for hydroxylation is 1. The van der Waals surface area contributed by atoms with Crippen LogP contribution in [0.5, 0.6) is 0 Å². The molecule has 2 aliphatic heterocycles. The summed E-state index contributed by atoms with van der Waals surface area (Å²) >= 11 is 6.82. The van der Waals surface area contributed by atoms with Gasteiger partial charge < -0.3 is 20.1 Å². The number of nitrogens with zero attached hydrogens (tertiary/aromatic N) is 6. The molecule has 1 fully saturated rings. The van der Waals surface area contributed by atoms with Gasteiger partial charge in [-0.3, -0.25) is 0 Å². The number of hydrogen-bond donors (Lipinski definition) is 2. The maximum atomic E-state index is 11.4. The first-order valence-electron chi connectivity index (χ1n) is 13.7. The van der Waals surface area contributed by atoms with Crippen molar-refractivity contribution in [3.8, 4) is 0 Å². The number of anilines is 2. The molecule has 1 atom stereocenters. The molecule has 11 heteroatoms. The number of fused-ring (bicyclic) bond motifs is 2. The van der Waals surface area contributed by atoms with Crippen LogP contribution in [0.3, 0.4) is 0 Å². The van der Waals surface area contributed by atoms with E-state index >= 15 is 0 Å². The molecule has 210 valence electrons. The molecule has 2 aromatic heterocycles. The number of carboxylic acid groups (broad SMARTS) is 1. The van der Waals surface area contributed by atoms with Crippen LogP contribution >= 0.6 is 11.6 Å². The summed E-state index contributed by atoms with van der Waals surface area (Å²) in [7, 11) is 1.86. The maximum Gasteiger partial charge on any atom is 0.407 e. The van der Waals surface area contributed by atoms with Crippen molar-refractivity contribution in [2.75, 3.05) is 18.5 Å². The zero-order valence-electron chi connectivity index (χ0n) is 23.0. The minimum Gasteiger partial charge on any atom is -0.465 e. The standard InChI is InChI=1S/C29H34ClN7O3/c1-29(2,20-8-7-19-17-36(28(38)39)12-11-18(19)14-20)15-24-33-27(35(3)34-24)32-22-9-10-23-21(26(22)30)16-31-37(23)25-6-4-5-13-40-25/h7-10,14,16,25H,4-6,11-13,15,17H2,1-3H3,(H,38,39)(H,32,33,34). The van der Waals surface area contributed by atoms with Gasteiger partial charge in [0.25, 0.3) is 0 Å². The number of ether oxygens (including phenoxy) is 1. The zero-order chi connectivity index (χ0) is 28.0. The Morgan fingerprint density at radius 3 is 2.85 bits per heavy atom. The van der Waals surface area contributed by atoms with E-state index < -0.39 is 6.09 Å². The Balaban J connectivity index is 1.19. The molecule has 0 spiro atoms. The second-order valence-electron chi connectivity index (χ2n) is 11.4. The van der Waals surface area contributed by atoms with Gasteiger partial charge in [-0.25, -0.2) is 14.2 Å². The van der Waals surface area contributed by atoms with E-state index in [9.17, 15) is 9.90 Å². The Morgan fingerprint density at radius 2 is 2.08 bits per heavy atom. The van der Waals surface area contributed by atoms with Crippen molar-refractivity contribution in [1.29, 1.82) is 0 Å². The van der Waals surface area contributed by atoms with E-state index in [1.807, 2.05) is 23.9 Å². The number of nitrogens with one attached hydrogen (secondary N) is 1. The SMILES string of the molecule is Cn1nc(CC(C)(C)c2ccc3c(c2)CCN(C(=O)O)C3)nc1Nc1ccc2c(cnn2C2CCCCO2)c1Cl. The van der Waals surface area contributed by atoms with E-state index in [0.717, 1.165) is 60.3 Å². The Kier molecular flexibility index (Phi) is 6.92. The first-order chi connectivity index (χ1) is 19.2. The lowest BCUT2D eigenvalue weighted by Crippen LogP contribution is -2.35. The first kappa shape index (κ1) is 26.6. The molecule has 40 heavy (non-hydrogen) atoms.